The van der Waals surface area contributed by atoms with Gasteiger partial charge in [0.05, 0.1) is 6.04 Å². The number of aromatic nitrogens is 2. The van der Waals surface area contributed by atoms with E-state index in [4.69, 9.17) is 11.6 Å². The summed E-state index contributed by atoms with van der Waals surface area (Å²) in [6.45, 7) is 6.20. The normalized spacial score (nSPS) is 16.3. The Hall–Kier alpha value is -2.57. The van der Waals surface area contributed by atoms with Gasteiger partial charge < -0.3 is 15.1 Å². The van der Waals surface area contributed by atoms with Crippen molar-refractivity contribution in [3.63, 3.8) is 0 Å². The summed E-state index contributed by atoms with van der Waals surface area (Å²) in [5.41, 5.74) is 3.29. The Balaban J connectivity index is 1.46. The molecule has 7 heteroatoms. The summed E-state index contributed by atoms with van der Waals surface area (Å²) in [7, 11) is 2.15. The number of hydrogen-bond acceptors (Lipinski definition) is 4. The minimum atomic E-state index is -0.237. The highest BCUT2D eigenvalue weighted by Gasteiger charge is 2.20. The second-order valence-corrected chi connectivity index (χ2v) is 7.62. The maximum atomic E-state index is 12.8. The Morgan fingerprint density at radius 3 is 2.54 bits per heavy atom. The highest BCUT2D eigenvalue weighted by molar-refractivity contribution is 6.32. The van der Waals surface area contributed by atoms with E-state index in [0.717, 1.165) is 31.7 Å². The van der Waals surface area contributed by atoms with Crippen LogP contribution in [0.2, 0.25) is 5.15 Å². The van der Waals surface area contributed by atoms with Gasteiger partial charge in [0.15, 0.2) is 10.8 Å². The zero-order chi connectivity index (χ0) is 19.7. The number of likely N-dealkylation sites (N-methyl/N-ethyl adjacent to an activating group) is 1. The zero-order valence-corrected chi connectivity index (χ0v) is 16.9. The number of nitrogens with one attached hydrogen (secondary N) is 1. The van der Waals surface area contributed by atoms with Crippen molar-refractivity contribution in [2.75, 3.05) is 38.1 Å². The number of fused-ring (bicyclic) bond motifs is 1. The van der Waals surface area contributed by atoms with Gasteiger partial charge in [0.2, 0.25) is 0 Å². The van der Waals surface area contributed by atoms with Gasteiger partial charge in [-0.3, -0.25) is 9.20 Å². The molecule has 1 saturated heterocycles. The maximum absolute atomic E-state index is 12.8. The number of pyridine rings is 1. The number of amides is 1. The lowest BCUT2D eigenvalue weighted by atomic mass is 10.1. The molecule has 0 unspecified atom stereocenters. The number of imidazole rings is 1. The third kappa shape index (κ3) is 3.70. The number of carbonyl (C=O) groups excluding carboxylic acids is 1. The molecule has 0 spiro atoms. The number of rotatable bonds is 4. The molecule has 1 aromatic carbocycles. The Morgan fingerprint density at radius 2 is 1.82 bits per heavy atom. The maximum Gasteiger partial charge on any atom is 0.272 e. The summed E-state index contributed by atoms with van der Waals surface area (Å²) in [6, 6.07) is 13.8. The number of benzene rings is 1. The number of anilines is 1. The lowest BCUT2D eigenvalue weighted by Crippen LogP contribution is -2.44. The molecule has 3 heterocycles. The first-order valence-electron chi connectivity index (χ1n) is 9.50. The van der Waals surface area contributed by atoms with E-state index in [1.165, 1.54) is 5.69 Å². The van der Waals surface area contributed by atoms with E-state index >= 15 is 0 Å². The van der Waals surface area contributed by atoms with E-state index in [-0.39, 0.29) is 17.1 Å². The summed E-state index contributed by atoms with van der Waals surface area (Å²) in [5.74, 6) is -0.237. The first kappa shape index (κ1) is 18.8. The summed E-state index contributed by atoms with van der Waals surface area (Å²) in [4.78, 5) is 21.8. The van der Waals surface area contributed by atoms with Crippen LogP contribution in [0, 0.1) is 0 Å². The molecule has 1 atom stereocenters. The van der Waals surface area contributed by atoms with Gasteiger partial charge in [-0.15, -0.1) is 0 Å². The van der Waals surface area contributed by atoms with Crippen molar-refractivity contribution < 1.29 is 4.79 Å². The van der Waals surface area contributed by atoms with Crippen molar-refractivity contribution in [3.05, 3.63) is 65.1 Å². The van der Waals surface area contributed by atoms with Crippen molar-refractivity contribution in [1.29, 1.82) is 0 Å². The molecule has 4 rings (SSSR count). The van der Waals surface area contributed by atoms with E-state index in [1.54, 1.807) is 10.6 Å². The fraction of sp³-hybridized carbons (Fsp3) is 0.333. The quantitative estimate of drug-likeness (QED) is 0.734. The van der Waals surface area contributed by atoms with Gasteiger partial charge in [0.1, 0.15) is 5.65 Å². The first-order chi connectivity index (χ1) is 13.5. The van der Waals surface area contributed by atoms with Crippen LogP contribution in [0.3, 0.4) is 0 Å². The third-order valence-electron chi connectivity index (χ3n) is 5.31. The van der Waals surface area contributed by atoms with Gasteiger partial charge in [-0.25, -0.2) is 4.98 Å². The van der Waals surface area contributed by atoms with Gasteiger partial charge in [0, 0.05) is 38.1 Å². The molecule has 1 amide bonds. The predicted octanol–water partition coefficient (Wildman–Crippen LogP) is 3.23. The zero-order valence-electron chi connectivity index (χ0n) is 16.1. The van der Waals surface area contributed by atoms with Crippen molar-refractivity contribution in [2.24, 2.45) is 0 Å². The molecule has 2 aromatic heterocycles. The summed E-state index contributed by atoms with van der Waals surface area (Å²) < 4.78 is 1.71. The van der Waals surface area contributed by atoms with Gasteiger partial charge in [-0.1, -0.05) is 29.8 Å². The Bertz CT molecular complexity index is 976. The molecule has 1 N–H and O–H groups in total. The Morgan fingerprint density at radius 1 is 1.11 bits per heavy atom. The molecule has 1 fully saturated rings. The molecule has 0 radical (unpaired) electrons. The standard InChI is InChI=1S/C21H24ClN5O/c1-15(16-6-8-17(9-7-16)26-13-11-25(2)12-14-26)23-21(28)19-20(22)24-18-5-3-4-10-27(18)19/h3-10,15H,11-14H2,1-2H3,(H,23,28)/t15-/m0/s1. The fourth-order valence-corrected chi connectivity index (χ4v) is 3.82. The molecule has 146 valence electrons. The topological polar surface area (TPSA) is 52.9 Å². The van der Waals surface area contributed by atoms with Crippen molar-refractivity contribution in [3.8, 4) is 0 Å². The lowest BCUT2D eigenvalue weighted by molar-refractivity contribution is 0.0934. The Labute approximate surface area is 169 Å². The number of hydrogen-bond donors (Lipinski definition) is 1. The van der Waals surface area contributed by atoms with Gasteiger partial charge >= 0.3 is 0 Å². The molecular weight excluding hydrogens is 374 g/mol. The molecule has 3 aromatic rings. The van der Waals surface area contributed by atoms with Gasteiger partial charge in [-0.05, 0) is 43.8 Å². The molecule has 6 nitrogen and oxygen atoms in total. The van der Waals surface area contributed by atoms with Crippen molar-refractivity contribution >= 4 is 28.8 Å². The molecular formula is C21H24ClN5O. The van der Waals surface area contributed by atoms with E-state index in [0.29, 0.717) is 11.3 Å². The van der Waals surface area contributed by atoms with Crippen LogP contribution in [0.1, 0.15) is 29.0 Å². The van der Waals surface area contributed by atoms with Crippen LogP contribution in [0.25, 0.3) is 5.65 Å². The van der Waals surface area contributed by atoms with Crippen molar-refractivity contribution in [1.82, 2.24) is 19.6 Å². The molecule has 0 saturated carbocycles. The van der Waals surface area contributed by atoms with Gasteiger partial charge in [-0.2, -0.15) is 0 Å². The monoisotopic (exact) mass is 397 g/mol. The average Bonchev–Trinajstić information content (AvgIpc) is 3.04. The van der Waals surface area contributed by atoms with Crippen molar-refractivity contribution in [2.45, 2.75) is 13.0 Å². The predicted molar refractivity (Wildman–Crippen MR) is 112 cm³/mol. The van der Waals surface area contributed by atoms with Crippen LogP contribution in [0.4, 0.5) is 5.69 Å². The van der Waals surface area contributed by atoms with E-state index in [2.05, 4.69) is 51.4 Å². The number of nitrogens with zero attached hydrogens (tertiary/aromatic N) is 4. The second kappa shape index (κ2) is 7.81. The SMILES string of the molecule is C[C@H](NC(=O)c1c(Cl)nc2ccccn12)c1ccc(N2CCN(C)CC2)cc1. The third-order valence-corrected chi connectivity index (χ3v) is 5.58. The molecule has 0 aliphatic carbocycles. The summed E-state index contributed by atoms with van der Waals surface area (Å²) in [6.07, 6.45) is 1.79. The Kier molecular flexibility index (Phi) is 5.24. The number of halogens is 1. The largest absolute Gasteiger partial charge is 0.369 e. The van der Waals surface area contributed by atoms with Crippen LogP contribution in [-0.2, 0) is 0 Å². The van der Waals surface area contributed by atoms with Crippen LogP contribution in [0.5, 0.6) is 0 Å². The highest BCUT2D eigenvalue weighted by Crippen LogP contribution is 2.22. The van der Waals surface area contributed by atoms with E-state index in [9.17, 15) is 4.79 Å². The smallest absolute Gasteiger partial charge is 0.272 e. The first-order valence-corrected chi connectivity index (χ1v) is 9.87. The lowest BCUT2D eigenvalue weighted by Gasteiger charge is -2.34. The van der Waals surface area contributed by atoms with E-state index < -0.39 is 0 Å². The summed E-state index contributed by atoms with van der Waals surface area (Å²) in [5, 5.41) is 3.24. The molecule has 1 aliphatic heterocycles. The average molecular weight is 398 g/mol. The number of piperazine rings is 1. The van der Waals surface area contributed by atoms with Crippen LogP contribution >= 0.6 is 11.6 Å². The second-order valence-electron chi connectivity index (χ2n) is 7.26. The fourth-order valence-electron chi connectivity index (χ4n) is 3.56. The van der Waals surface area contributed by atoms with E-state index in [1.807, 2.05) is 25.1 Å². The van der Waals surface area contributed by atoms with Crippen LogP contribution < -0.4 is 10.2 Å². The molecule has 28 heavy (non-hydrogen) atoms. The van der Waals surface area contributed by atoms with Gasteiger partial charge in [0.25, 0.3) is 5.91 Å². The molecule has 0 bridgehead atoms. The minimum absolute atomic E-state index is 0.139. The summed E-state index contributed by atoms with van der Waals surface area (Å²) >= 11 is 6.21. The molecule has 1 aliphatic rings. The number of carbonyl (C=O) groups is 1. The van der Waals surface area contributed by atoms with Crippen LogP contribution in [-0.4, -0.2) is 53.4 Å². The van der Waals surface area contributed by atoms with Crippen LogP contribution in [0.15, 0.2) is 48.7 Å². The minimum Gasteiger partial charge on any atom is -0.369 e. The highest BCUT2D eigenvalue weighted by atomic mass is 35.5.